The Bertz CT molecular complexity index is 1200. The molecule has 0 unspecified atom stereocenters. The van der Waals surface area contributed by atoms with Gasteiger partial charge in [0, 0.05) is 14.5 Å². The summed E-state index contributed by atoms with van der Waals surface area (Å²) in [5.41, 5.74) is 5.81. The van der Waals surface area contributed by atoms with Crippen molar-refractivity contribution in [2.45, 2.75) is 39.0 Å². The van der Waals surface area contributed by atoms with E-state index in [1.54, 1.807) is 7.11 Å². The Kier molecular flexibility index (Phi) is 7.69. The molecule has 164 valence electrons. The average Bonchev–Trinajstić information content (AvgIpc) is 3.25. The summed E-state index contributed by atoms with van der Waals surface area (Å²) in [5, 5.41) is 1.19. The van der Waals surface area contributed by atoms with Gasteiger partial charge in [0.25, 0.3) is 0 Å². The lowest BCUT2D eigenvalue weighted by molar-refractivity contribution is 0.415. The number of ether oxygens (including phenoxy) is 1. The highest BCUT2D eigenvalue weighted by Gasteiger charge is 2.12. The largest absolute Gasteiger partial charge is 0.497 e. The van der Waals surface area contributed by atoms with Gasteiger partial charge in [-0.25, -0.2) is 0 Å². The van der Waals surface area contributed by atoms with E-state index < -0.39 is 0 Å². The van der Waals surface area contributed by atoms with Gasteiger partial charge in [0.15, 0.2) is 0 Å². The first-order chi connectivity index (χ1) is 15.7. The highest BCUT2D eigenvalue weighted by atomic mass is 127. The number of benzene rings is 3. The zero-order chi connectivity index (χ0) is 22.3. The maximum absolute atomic E-state index is 6.38. The van der Waals surface area contributed by atoms with Crippen LogP contribution in [0.3, 0.4) is 0 Å². The van der Waals surface area contributed by atoms with Gasteiger partial charge in [0.2, 0.25) is 0 Å². The minimum absolute atomic E-state index is 0.871. The van der Waals surface area contributed by atoms with Crippen molar-refractivity contribution in [1.82, 2.24) is 0 Å². The van der Waals surface area contributed by atoms with Crippen LogP contribution in [0.5, 0.6) is 5.75 Å². The van der Waals surface area contributed by atoms with Crippen molar-refractivity contribution >= 4 is 45.7 Å². The SMILES string of the molecule is CCCCCCc1cccc2cc(-c3ccc(/C=C/c4ccc(OC)cc4)cc3I)oc12. The minimum atomic E-state index is 0.871. The van der Waals surface area contributed by atoms with Crippen molar-refractivity contribution in [2.75, 3.05) is 7.11 Å². The van der Waals surface area contributed by atoms with Crippen LogP contribution in [0, 0.1) is 3.57 Å². The van der Waals surface area contributed by atoms with E-state index in [0.717, 1.165) is 34.6 Å². The van der Waals surface area contributed by atoms with Gasteiger partial charge in [0.05, 0.1) is 7.11 Å². The molecule has 0 fully saturated rings. The molecule has 0 saturated carbocycles. The summed E-state index contributed by atoms with van der Waals surface area (Å²) >= 11 is 2.41. The van der Waals surface area contributed by atoms with Crippen LogP contribution in [0.25, 0.3) is 34.4 Å². The third kappa shape index (κ3) is 5.44. The minimum Gasteiger partial charge on any atom is -0.497 e. The van der Waals surface area contributed by atoms with Gasteiger partial charge in [-0.1, -0.05) is 74.7 Å². The Morgan fingerprint density at radius 2 is 1.66 bits per heavy atom. The molecule has 3 heteroatoms. The molecule has 4 aromatic rings. The maximum atomic E-state index is 6.38. The molecule has 1 heterocycles. The lowest BCUT2D eigenvalue weighted by atomic mass is 10.0. The van der Waals surface area contributed by atoms with Gasteiger partial charge in [0.1, 0.15) is 17.1 Å². The Morgan fingerprint density at radius 1 is 0.875 bits per heavy atom. The lowest BCUT2D eigenvalue weighted by Crippen LogP contribution is -1.86. The molecule has 0 N–H and O–H groups in total. The molecule has 0 spiro atoms. The van der Waals surface area contributed by atoms with Crippen LogP contribution in [0.4, 0.5) is 0 Å². The van der Waals surface area contributed by atoms with E-state index in [9.17, 15) is 0 Å². The van der Waals surface area contributed by atoms with E-state index in [4.69, 9.17) is 9.15 Å². The smallest absolute Gasteiger partial charge is 0.137 e. The van der Waals surface area contributed by atoms with Crippen LogP contribution in [0.2, 0.25) is 0 Å². The fourth-order valence-electron chi connectivity index (χ4n) is 3.94. The summed E-state index contributed by atoms with van der Waals surface area (Å²) in [6.07, 6.45) is 10.4. The second kappa shape index (κ2) is 10.9. The molecule has 3 aromatic carbocycles. The van der Waals surface area contributed by atoms with Gasteiger partial charge in [-0.2, -0.15) is 0 Å². The molecular formula is C29H29IO2. The monoisotopic (exact) mass is 536 g/mol. The summed E-state index contributed by atoms with van der Waals surface area (Å²) in [6.45, 7) is 2.25. The maximum Gasteiger partial charge on any atom is 0.137 e. The number of hydrogen-bond donors (Lipinski definition) is 0. The Labute approximate surface area is 204 Å². The van der Waals surface area contributed by atoms with E-state index in [1.165, 1.54) is 45.8 Å². The highest BCUT2D eigenvalue weighted by Crippen LogP contribution is 2.33. The van der Waals surface area contributed by atoms with Gasteiger partial charge < -0.3 is 9.15 Å². The summed E-state index contributed by atoms with van der Waals surface area (Å²) < 4.78 is 12.8. The van der Waals surface area contributed by atoms with Crippen LogP contribution in [-0.4, -0.2) is 7.11 Å². The number of para-hydroxylation sites is 1. The number of hydrogen-bond acceptors (Lipinski definition) is 2. The van der Waals surface area contributed by atoms with Gasteiger partial charge in [-0.15, -0.1) is 0 Å². The molecule has 0 amide bonds. The number of rotatable bonds is 9. The van der Waals surface area contributed by atoms with E-state index in [1.807, 2.05) is 12.1 Å². The van der Waals surface area contributed by atoms with Crippen molar-refractivity contribution in [3.8, 4) is 17.1 Å². The van der Waals surface area contributed by atoms with Crippen molar-refractivity contribution in [3.05, 3.63) is 87.0 Å². The number of aryl methyl sites for hydroxylation is 1. The fraction of sp³-hybridized carbons (Fsp3) is 0.241. The summed E-state index contributed by atoms with van der Waals surface area (Å²) in [4.78, 5) is 0. The van der Waals surface area contributed by atoms with Gasteiger partial charge in [-0.05, 0) is 82.5 Å². The third-order valence-electron chi connectivity index (χ3n) is 5.77. The van der Waals surface area contributed by atoms with Crippen LogP contribution < -0.4 is 4.74 Å². The third-order valence-corrected chi connectivity index (χ3v) is 6.66. The quantitative estimate of drug-likeness (QED) is 0.121. The topological polar surface area (TPSA) is 22.4 Å². The second-order valence-corrected chi connectivity index (χ2v) is 9.26. The molecule has 1 aromatic heterocycles. The molecule has 0 aliphatic carbocycles. The number of methoxy groups -OCH3 is 1. The van der Waals surface area contributed by atoms with Crippen molar-refractivity contribution in [1.29, 1.82) is 0 Å². The first-order valence-corrected chi connectivity index (χ1v) is 12.4. The number of unbranched alkanes of at least 4 members (excludes halogenated alkanes) is 3. The zero-order valence-corrected chi connectivity index (χ0v) is 20.9. The normalized spacial score (nSPS) is 11.5. The molecular weight excluding hydrogens is 507 g/mol. The second-order valence-electron chi connectivity index (χ2n) is 8.10. The molecule has 0 saturated heterocycles. The Balaban J connectivity index is 1.54. The summed E-state index contributed by atoms with van der Waals surface area (Å²) in [5.74, 6) is 1.81. The van der Waals surface area contributed by atoms with Crippen molar-refractivity contribution < 1.29 is 9.15 Å². The van der Waals surface area contributed by atoms with E-state index in [2.05, 4.69) is 96.3 Å². The van der Waals surface area contributed by atoms with Crippen LogP contribution in [-0.2, 0) is 6.42 Å². The summed E-state index contributed by atoms with van der Waals surface area (Å²) in [7, 11) is 1.69. The Hall–Kier alpha value is -2.53. The van der Waals surface area contributed by atoms with Gasteiger partial charge in [-0.3, -0.25) is 0 Å². The highest BCUT2D eigenvalue weighted by molar-refractivity contribution is 14.1. The molecule has 0 radical (unpaired) electrons. The number of fused-ring (bicyclic) bond motifs is 1. The first kappa shape index (κ1) is 22.7. The zero-order valence-electron chi connectivity index (χ0n) is 18.7. The number of halogens is 1. The predicted octanol–water partition coefficient (Wildman–Crippen LogP) is 9.01. The van der Waals surface area contributed by atoms with E-state index in [0.29, 0.717) is 0 Å². The van der Waals surface area contributed by atoms with Crippen molar-refractivity contribution in [3.63, 3.8) is 0 Å². The van der Waals surface area contributed by atoms with Crippen molar-refractivity contribution in [2.24, 2.45) is 0 Å². The van der Waals surface area contributed by atoms with Crippen LogP contribution in [0.15, 0.2) is 71.1 Å². The molecule has 0 atom stereocenters. The van der Waals surface area contributed by atoms with Crippen LogP contribution >= 0.6 is 22.6 Å². The summed E-state index contributed by atoms with van der Waals surface area (Å²) in [6, 6.07) is 23.3. The van der Waals surface area contributed by atoms with Crippen LogP contribution in [0.1, 0.15) is 49.3 Å². The molecule has 0 aliphatic rings. The van der Waals surface area contributed by atoms with E-state index in [-0.39, 0.29) is 0 Å². The standard InChI is InChI=1S/C29H29IO2/c1-3-4-5-6-8-23-9-7-10-24-20-28(32-29(23)24)26-18-15-22(19-27(26)30)12-11-21-13-16-25(31-2)17-14-21/h7,9-20H,3-6,8H2,1-2H3/b12-11+. The molecule has 0 aliphatic heterocycles. The molecule has 0 bridgehead atoms. The molecule has 4 rings (SSSR count). The first-order valence-electron chi connectivity index (χ1n) is 11.3. The predicted molar refractivity (Wildman–Crippen MR) is 144 cm³/mol. The lowest BCUT2D eigenvalue weighted by Gasteiger charge is -2.04. The molecule has 2 nitrogen and oxygen atoms in total. The molecule has 32 heavy (non-hydrogen) atoms. The van der Waals surface area contributed by atoms with Gasteiger partial charge >= 0.3 is 0 Å². The number of furan rings is 1. The average molecular weight is 536 g/mol. The Morgan fingerprint density at radius 3 is 2.41 bits per heavy atom. The van der Waals surface area contributed by atoms with E-state index >= 15 is 0 Å². The fourth-order valence-corrected chi connectivity index (χ4v) is 4.74.